The summed E-state index contributed by atoms with van der Waals surface area (Å²) in [7, 11) is 0. The topological polar surface area (TPSA) is 34.1 Å². The van der Waals surface area contributed by atoms with E-state index in [0.29, 0.717) is 5.56 Å². The predicted octanol–water partition coefficient (Wildman–Crippen LogP) is 4.16. The van der Waals surface area contributed by atoms with E-state index in [1.165, 1.54) is 23.3 Å². The van der Waals surface area contributed by atoms with Crippen LogP contribution >= 0.6 is 0 Å². The van der Waals surface area contributed by atoms with Crippen LogP contribution in [-0.4, -0.2) is 11.6 Å². The minimum Gasteiger partial charge on any atom is -0.294 e. The number of ketones is 2. The summed E-state index contributed by atoms with van der Waals surface area (Å²) in [5.41, 5.74) is 3.27. The summed E-state index contributed by atoms with van der Waals surface area (Å²) >= 11 is 0. The fourth-order valence-electron chi connectivity index (χ4n) is 2.94. The second-order valence-corrected chi connectivity index (χ2v) is 5.66. The van der Waals surface area contributed by atoms with Crippen LogP contribution in [0, 0.1) is 5.82 Å². The van der Waals surface area contributed by atoms with Gasteiger partial charge in [-0.25, -0.2) is 4.39 Å². The lowest BCUT2D eigenvalue weighted by Crippen LogP contribution is -2.07. The molecule has 0 saturated heterocycles. The Balaban J connectivity index is 1.65. The number of rotatable bonds is 5. The van der Waals surface area contributed by atoms with Crippen molar-refractivity contribution < 1.29 is 14.0 Å². The molecule has 0 atom stereocenters. The van der Waals surface area contributed by atoms with Crippen molar-refractivity contribution in [3.63, 3.8) is 0 Å². The average Bonchev–Trinajstić information content (AvgIpc) is 3.00. The molecular weight excluding hydrogens is 279 g/mol. The van der Waals surface area contributed by atoms with Gasteiger partial charge in [-0.3, -0.25) is 9.59 Å². The number of hydrogen-bond acceptors (Lipinski definition) is 2. The van der Waals surface area contributed by atoms with Gasteiger partial charge in [-0.05, 0) is 48.6 Å². The van der Waals surface area contributed by atoms with Crippen molar-refractivity contribution in [3.8, 4) is 0 Å². The Labute approximate surface area is 129 Å². The van der Waals surface area contributed by atoms with E-state index in [9.17, 15) is 14.0 Å². The molecular formula is C19H17FO2. The minimum atomic E-state index is -0.530. The molecule has 0 spiro atoms. The van der Waals surface area contributed by atoms with Crippen LogP contribution in [0.4, 0.5) is 4.39 Å². The number of Topliss-reactive ketones (excluding diaryl/α,β-unsaturated/α-hetero) is 2. The predicted molar refractivity (Wildman–Crippen MR) is 82.8 cm³/mol. The third-order valence-corrected chi connectivity index (χ3v) is 4.17. The molecule has 3 heteroatoms. The highest BCUT2D eigenvalue weighted by molar-refractivity contribution is 6.02. The lowest BCUT2D eigenvalue weighted by atomic mass is 9.99. The standard InChI is InChI=1S/C19H17FO2/c20-17-7-2-1-6-16(17)19(22)11-10-18(21)15-9-8-13-4-3-5-14(13)12-15/h1-2,6-9,12H,3-5,10-11H2. The second-order valence-electron chi connectivity index (χ2n) is 5.66. The molecule has 1 aliphatic rings. The van der Waals surface area contributed by atoms with Gasteiger partial charge in [0.1, 0.15) is 5.82 Å². The van der Waals surface area contributed by atoms with E-state index in [1.807, 2.05) is 18.2 Å². The molecule has 2 aromatic rings. The van der Waals surface area contributed by atoms with E-state index in [2.05, 4.69) is 0 Å². The van der Waals surface area contributed by atoms with Crippen LogP contribution in [0.5, 0.6) is 0 Å². The summed E-state index contributed by atoms with van der Waals surface area (Å²) < 4.78 is 13.5. The first-order valence-corrected chi connectivity index (χ1v) is 7.58. The zero-order valence-electron chi connectivity index (χ0n) is 12.3. The molecule has 0 bridgehead atoms. The van der Waals surface area contributed by atoms with E-state index in [4.69, 9.17) is 0 Å². The molecule has 112 valence electrons. The first-order chi connectivity index (χ1) is 10.6. The lowest BCUT2D eigenvalue weighted by molar-refractivity contribution is 0.0915. The third kappa shape index (κ3) is 2.98. The summed E-state index contributed by atoms with van der Waals surface area (Å²) in [5.74, 6) is -0.913. The van der Waals surface area contributed by atoms with Gasteiger partial charge in [0.05, 0.1) is 5.56 Å². The molecule has 3 rings (SSSR count). The summed E-state index contributed by atoms with van der Waals surface area (Å²) in [5, 5.41) is 0. The Bertz CT molecular complexity index is 734. The highest BCUT2D eigenvalue weighted by atomic mass is 19.1. The number of carbonyl (C=O) groups is 2. The van der Waals surface area contributed by atoms with Gasteiger partial charge in [-0.15, -0.1) is 0 Å². The summed E-state index contributed by atoms with van der Waals surface area (Å²) in [6, 6.07) is 11.7. The fourth-order valence-corrected chi connectivity index (χ4v) is 2.94. The quantitative estimate of drug-likeness (QED) is 0.776. The molecule has 0 heterocycles. The molecule has 0 amide bonds. The van der Waals surface area contributed by atoms with Crippen molar-refractivity contribution in [1.82, 2.24) is 0 Å². The molecule has 0 saturated carbocycles. The van der Waals surface area contributed by atoms with E-state index >= 15 is 0 Å². The minimum absolute atomic E-state index is 0.0385. The highest BCUT2D eigenvalue weighted by Gasteiger charge is 2.16. The van der Waals surface area contributed by atoms with Crippen molar-refractivity contribution in [2.45, 2.75) is 32.1 Å². The van der Waals surface area contributed by atoms with Gasteiger partial charge >= 0.3 is 0 Å². The Morgan fingerprint density at radius 3 is 2.45 bits per heavy atom. The van der Waals surface area contributed by atoms with Gasteiger partial charge < -0.3 is 0 Å². The van der Waals surface area contributed by atoms with E-state index in [0.717, 1.165) is 19.3 Å². The van der Waals surface area contributed by atoms with Gasteiger partial charge in [0.2, 0.25) is 0 Å². The van der Waals surface area contributed by atoms with Crippen molar-refractivity contribution in [1.29, 1.82) is 0 Å². The molecule has 1 aliphatic carbocycles. The van der Waals surface area contributed by atoms with Crippen LogP contribution in [0.2, 0.25) is 0 Å². The number of aryl methyl sites for hydroxylation is 2. The molecule has 2 aromatic carbocycles. The molecule has 2 nitrogen and oxygen atoms in total. The van der Waals surface area contributed by atoms with E-state index in [-0.39, 0.29) is 30.0 Å². The van der Waals surface area contributed by atoms with Gasteiger partial charge in [-0.2, -0.15) is 0 Å². The van der Waals surface area contributed by atoms with Crippen molar-refractivity contribution in [3.05, 3.63) is 70.5 Å². The Morgan fingerprint density at radius 2 is 1.64 bits per heavy atom. The van der Waals surface area contributed by atoms with Crippen LogP contribution in [0.3, 0.4) is 0 Å². The first kappa shape index (κ1) is 14.6. The molecule has 0 aromatic heterocycles. The Morgan fingerprint density at radius 1 is 0.909 bits per heavy atom. The number of carbonyl (C=O) groups excluding carboxylic acids is 2. The van der Waals surface area contributed by atoms with Crippen molar-refractivity contribution >= 4 is 11.6 Å². The maximum absolute atomic E-state index is 13.5. The van der Waals surface area contributed by atoms with E-state index in [1.54, 1.807) is 12.1 Å². The van der Waals surface area contributed by atoms with Crippen LogP contribution in [0.1, 0.15) is 51.1 Å². The van der Waals surface area contributed by atoms with Gasteiger partial charge in [0.15, 0.2) is 11.6 Å². The van der Waals surface area contributed by atoms with Crippen LogP contribution < -0.4 is 0 Å². The number of hydrogen-bond donors (Lipinski definition) is 0. The molecule has 0 unspecified atom stereocenters. The maximum atomic E-state index is 13.5. The summed E-state index contributed by atoms with van der Waals surface area (Å²) in [6.45, 7) is 0. The smallest absolute Gasteiger partial charge is 0.166 e. The SMILES string of the molecule is O=C(CCC(=O)c1ccccc1F)c1ccc2c(c1)CCC2. The maximum Gasteiger partial charge on any atom is 0.166 e. The normalized spacial score (nSPS) is 13.0. The zero-order valence-corrected chi connectivity index (χ0v) is 12.3. The van der Waals surface area contributed by atoms with Gasteiger partial charge in [0.25, 0.3) is 0 Å². The van der Waals surface area contributed by atoms with Crippen molar-refractivity contribution in [2.75, 3.05) is 0 Å². The summed E-state index contributed by atoms with van der Waals surface area (Å²) in [6.07, 6.45) is 3.39. The third-order valence-electron chi connectivity index (χ3n) is 4.17. The summed E-state index contributed by atoms with van der Waals surface area (Å²) in [4.78, 5) is 24.2. The fraction of sp³-hybridized carbons (Fsp3) is 0.263. The highest BCUT2D eigenvalue weighted by Crippen LogP contribution is 2.23. The Hall–Kier alpha value is -2.29. The average molecular weight is 296 g/mol. The van der Waals surface area contributed by atoms with E-state index < -0.39 is 5.82 Å². The van der Waals surface area contributed by atoms with Crippen LogP contribution in [0.25, 0.3) is 0 Å². The number of fused-ring (bicyclic) bond motifs is 1. The molecule has 0 N–H and O–H groups in total. The molecule has 22 heavy (non-hydrogen) atoms. The Kier molecular flexibility index (Phi) is 4.14. The molecule has 0 radical (unpaired) electrons. The largest absolute Gasteiger partial charge is 0.294 e. The van der Waals surface area contributed by atoms with Crippen LogP contribution in [-0.2, 0) is 12.8 Å². The first-order valence-electron chi connectivity index (χ1n) is 7.58. The van der Waals surface area contributed by atoms with Crippen LogP contribution in [0.15, 0.2) is 42.5 Å². The number of halogens is 1. The lowest BCUT2D eigenvalue weighted by Gasteiger charge is -2.05. The van der Waals surface area contributed by atoms with Gasteiger partial charge in [-0.1, -0.05) is 24.3 Å². The number of benzene rings is 2. The monoisotopic (exact) mass is 296 g/mol. The van der Waals surface area contributed by atoms with Crippen molar-refractivity contribution in [2.24, 2.45) is 0 Å². The second kappa shape index (κ2) is 6.22. The molecule has 0 aliphatic heterocycles. The van der Waals surface area contributed by atoms with Gasteiger partial charge in [0, 0.05) is 18.4 Å². The molecule has 0 fully saturated rings. The zero-order chi connectivity index (χ0) is 15.5.